The van der Waals surface area contributed by atoms with Gasteiger partial charge in [0.05, 0.1) is 11.4 Å². The molecule has 1 amide bonds. The summed E-state index contributed by atoms with van der Waals surface area (Å²) in [5.74, 6) is 1.28. The molecule has 1 aromatic carbocycles. The van der Waals surface area contributed by atoms with E-state index in [0.717, 1.165) is 47.2 Å². The zero-order valence-corrected chi connectivity index (χ0v) is 19.0. The van der Waals surface area contributed by atoms with Crippen LogP contribution < -0.4 is 0 Å². The molecule has 31 heavy (non-hydrogen) atoms. The molecular weight excluding hydrogens is 406 g/mol. The first-order valence-corrected chi connectivity index (χ1v) is 12.0. The molecule has 1 aliphatic carbocycles. The van der Waals surface area contributed by atoms with E-state index in [4.69, 9.17) is 0 Å². The maximum atomic E-state index is 13.1. The summed E-state index contributed by atoms with van der Waals surface area (Å²) in [6.07, 6.45) is 9.50. The number of nitrogens with zero attached hydrogens (tertiary/aromatic N) is 5. The van der Waals surface area contributed by atoms with Crippen LogP contribution in [0.15, 0.2) is 53.9 Å². The Morgan fingerprint density at radius 2 is 1.94 bits per heavy atom. The van der Waals surface area contributed by atoms with E-state index < -0.39 is 0 Å². The van der Waals surface area contributed by atoms with Gasteiger partial charge in [-0.1, -0.05) is 49.2 Å². The first kappa shape index (κ1) is 21.6. The zero-order valence-electron chi connectivity index (χ0n) is 18.2. The summed E-state index contributed by atoms with van der Waals surface area (Å²) < 4.78 is 2.04. The molecule has 3 aromatic rings. The molecule has 0 atom stereocenters. The lowest BCUT2D eigenvalue weighted by Crippen LogP contribution is -2.42. The van der Waals surface area contributed by atoms with Crippen LogP contribution in [0.3, 0.4) is 0 Å². The summed E-state index contributed by atoms with van der Waals surface area (Å²) in [5, 5.41) is 9.64. The third-order valence-electron chi connectivity index (χ3n) is 5.91. The van der Waals surface area contributed by atoms with Crippen molar-refractivity contribution in [3.8, 4) is 17.1 Å². The third-order valence-corrected chi connectivity index (χ3v) is 6.82. The quantitative estimate of drug-likeness (QED) is 0.493. The summed E-state index contributed by atoms with van der Waals surface area (Å²) in [5.41, 5.74) is 3.03. The van der Waals surface area contributed by atoms with Crippen LogP contribution in [-0.2, 0) is 4.79 Å². The molecule has 0 radical (unpaired) electrons. The second-order valence-electron chi connectivity index (χ2n) is 7.93. The zero-order chi connectivity index (χ0) is 21.6. The van der Waals surface area contributed by atoms with Crippen molar-refractivity contribution < 1.29 is 4.79 Å². The average Bonchev–Trinajstić information content (AvgIpc) is 3.23. The molecule has 6 nitrogen and oxygen atoms in total. The van der Waals surface area contributed by atoms with Crippen LogP contribution in [0.1, 0.15) is 44.6 Å². The van der Waals surface area contributed by atoms with E-state index in [-0.39, 0.29) is 5.91 Å². The predicted molar refractivity (Wildman–Crippen MR) is 124 cm³/mol. The summed E-state index contributed by atoms with van der Waals surface area (Å²) in [6, 6.07) is 12.4. The summed E-state index contributed by atoms with van der Waals surface area (Å²) in [6.45, 7) is 4.91. The molecule has 0 aliphatic heterocycles. The smallest absolute Gasteiger partial charge is 0.233 e. The Bertz CT molecular complexity index is 1010. The van der Waals surface area contributed by atoms with Gasteiger partial charge in [-0.05, 0) is 50.5 Å². The highest BCUT2D eigenvalue weighted by molar-refractivity contribution is 7.99. The number of hydrogen-bond donors (Lipinski definition) is 0. The number of aromatic nitrogens is 4. The molecule has 1 saturated carbocycles. The molecule has 0 saturated heterocycles. The molecule has 162 valence electrons. The molecular formula is C24H29N5OS. The number of thioether (sulfide) groups is 1. The van der Waals surface area contributed by atoms with Crippen LogP contribution in [0, 0.1) is 6.92 Å². The number of aryl methyl sites for hydroxylation is 1. The van der Waals surface area contributed by atoms with Crippen molar-refractivity contribution in [3.05, 3.63) is 54.4 Å². The number of benzene rings is 1. The van der Waals surface area contributed by atoms with Crippen molar-refractivity contribution in [1.29, 1.82) is 0 Å². The van der Waals surface area contributed by atoms with Gasteiger partial charge in [-0.2, -0.15) is 0 Å². The van der Waals surface area contributed by atoms with Crippen molar-refractivity contribution in [2.75, 3.05) is 12.3 Å². The lowest BCUT2D eigenvalue weighted by atomic mass is 9.94. The van der Waals surface area contributed by atoms with Gasteiger partial charge < -0.3 is 4.90 Å². The maximum absolute atomic E-state index is 13.1. The molecule has 1 aliphatic rings. The van der Waals surface area contributed by atoms with Crippen molar-refractivity contribution >= 4 is 17.7 Å². The Hall–Kier alpha value is -2.67. The lowest BCUT2D eigenvalue weighted by Gasteiger charge is -2.33. The van der Waals surface area contributed by atoms with E-state index in [1.54, 1.807) is 12.4 Å². The minimum Gasteiger partial charge on any atom is -0.339 e. The van der Waals surface area contributed by atoms with E-state index in [1.807, 2.05) is 28.8 Å². The van der Waals surface area contributed by atoms with Crippen LogP contribution in [0.25, 0.3) is 17.1 Å². The van der Waals surface area contributed by atoms with Crippen molar-refractivity contribution in [3.63, 3.8) is 0 Å². The van der Waals surface area contributed by atoms with Crippen molar-refractivity contribution in [2.45, 2.75) is 57.1 Å². The van der Waals surface area contributed by atoms with Crippen LogP contribution in [0.4, 0.5) is 0 Å². The molecule has 0 bridgehead atoms. The van der Waals surface area contributed by atoms with E-state index >= 15 is 0 Å². The fraction of sp³-hybridized carbons (Fsp3) is 0.417. The number of hydrogen-bond acceptors (Lipinski definition) is 5. The highest BCUT2D eigenvalue weighted by atomic mass is 32.2. The second-order valence-corrected chi connectivity index (χ2v) is 8.87. The minimum atomic E-state index is 0.182. The summed E-state index contributed by atoms with van der Waals surface area (Å²) >= 11 is 1.46. The van der Waals surface area contributed by atoms with Crippen LogP contribution in [-0.4, -0.2) is 48.9 Å². The van der Waals surface area contributed by atoms with Crippen molar-refractivity contribution in [2.24, 2.45) is 0 Å². The van der Waals surface area contributed by atoms with E-state index in [2.05, 4.69) is 46.1 Å². The summed E-state index contributed by atoms with van der Waals surface area (Å²) in [7, 11) is 0. The molecule has 1 fully saturated rings. The topological polar surface area (TPSA) is 63.9 Å². The Labute approximate surface area is 188 Å². The van der Waals surface area contributed by atoms with Crippen LogP contribution >= 0.6 is 11.8 Å². The molecule has 0 N–H and O–H groups in total. The van der Waals surface area contributed by atoms with Gasteiger partial charge in [0.2, 0.25) is 5.91 Å². The van der Waals surface area contributed by atoms with Gasteiger partial charge in [0.15, 0.2) is 11.0 Å². The fourth-order valence-electron chi connectivity index (χ4n) is 4.32. The normalized spacial score (nSPS) is 14.5. The van der Waals surface area contributed by atoms with E-state index in [0.29, 0.717) is 11.8 Å². The van der Waals surface area contributed by atoms with E-state index in [1.165, 1.54) is 31.0 Å². The molecule has 4 rings (SSSR count). The summed E-state index contributed by atoms with van der Waals surface area (Å²) in [4.78, 5) is 19.4. The molecule has 2 aromatic heterocycles. The van der Waals surface area contributed by atoms with Crippen LogP contribution in [0.2, 0.25) is 0 Å². The van der Waals surface area contributed by atoms with Gasteiger partial charge in [0.25, 0.3) is 0 Å². The standard InChI is InChI=1S/C24H29N5OS/c1-3-28(20-12-5-4-6-13-20)22(30)17-31-24-27-26-23(19-11-9-15-25-16-19)29(24)21-14-8-7-10-18(21)2/h7-11,14-16,20H,3-6,12-13,17H2,1-2H3. The van der Waals surface area contributed by atoms with Gasteiger partial charge >= 0.3 is 0 Å². The fourth-order valence-corrected chi connectivity index (χ4v) is 5.15. The van der Waals surface area contributed by atoms with E-state index in [9.17, 15) is 4.79 Å². The molecule has 2 heterocycles. The van der Waals surface area contributed by atoms with Gasteiger partial charge in [-0.25, -0.2) is 0 Å². The Morgan fingerprint density at radius 1 is 1.13 bits per heavy atom. The van der Waals surface area contributed by atoms with Gasteiger partial charge in [-0.15, -0.1) is 10.2 Å². The average molecular weight is 436 g/mol. The largest absolute Gasteiger partial charge is 0.339 e. The number of pyridine rings is 1. The Balaban J connectivity index is 1.60. The van der Waals surface area contributed by atoms with Gasteiger partial charge in [0, 0.05) is 30.5 Å². The van der Waals surface area contributed by atoms with Crippen molar-refractivity contribution in [1.82, 2.24) is 24.6 Å². The first-order chi connectivity index (χ1) is 15.2. The number of carbonyl (C=O) groups is 1. The monoisotopic (exact) mass is 435 g/mol. The second kappa shape index (κ2) is 10.1. The minimum absolute atomic E-state index is 0.182. The highest BCUT2D eigenvalue weighted by Crippen LogP contribution is 2.30. The Kier molecular flexibility index (Phi) is 7.02. The lowest BCUT2D eigenvalue weighted by molar-refractivity contribution is -0.131. The third kappa shape index (κ3) is 4.82. The number of carbonyl (C=O) groups excluding carboxylic acids is 1. The molecule has 7 heteroatoms. The molecule has 0 unspecified atom stereocenters. The number of amides is 1. The highest BCUT2D eigenvalue weighted by Gasteiger charge is 2.25. The van der Waals surface area contributed by atoms with Gasteiger partial charge in [-0.3, -0.25) is 14.3 Å². The Morgan fingerprint density at radius 3 is 2.65 bits per heavy atom. The maximum Gasteiger partial charge on any atom is 0.233 e. The van der Waals surface area contributed by atoms with Crippen LogP contribution in [0.5, 0.6) is 0 Å². The number of rotatable bonds is 7. The molecule has 0 spiro atoms. The van der Waals surface area contributed by atoms with Gasteiger partial charge in [0.1, 0.15) is 0 Å². The number of para-hydroxylation sites is 1. The SMILES string of the molecule is CCN(C(=O)CSc1nnc(-c2cccnc2)n1-c1ccccc1C)C1CCCCC1. The first-order valence-electron chi connectivity index (χ1n) is 11.0. The predicted octanol–water partition coefficient (Wildman–Crippen LogP) is 4.91.